The highest BCUT2D eigenvalue weighted by Gasteiger charge is 2.06. The summed E-state index contributed by atoms with van der Waals surface area (Å²) < 4.78 is 13.8. The zero-order chi connectivity index (χ0) is 14.5. The summed E-state index contributed by atoms with van der Waals surface area (Å²) in [6.45, 7) is 2.88. The molecule has 1 aromatic heterocycles. The average Bonchev–Trinajstić information content (AvgIpc) is 2.39. The molecule has 0 aliphatic rings. The predicted molar refractivity (Wildman–Crippen MR) is 87.6 cm³/mol. The van der Waals surface area contributed by atoms with Crippen LogP contribution in [-0.4, -0.2) is 16.5 Å². The van der Waals surface area contributed by atoms with Crippen LogP contribution in [0.15, 0.2) is 24.3 Å². The van der Waals surface area contributed by atoms with Crippen LogP contribution in [0.5, 0.6) is 0 Å². The largest absolute Gasteiger partial charge is 0.370 e. The Hall–Kier alpha value is -1.64. The van der Waals surface area contributed by atoms with Crippen LogP contribution in [0.4, 0.5) is 27.7 Å². The zero-order valence-corrected chi connectivity index (χ0v) is 13.1. The van der Waals surface area contributed by atoms with E-state index in [-0.39, 0.29) is 11.8 Å². The number of nitrogen functional groups attached to an aromatic ring is 1. The van der Waals surface area contributed by atoms with E-state index in [1.54, 1.807) is 12.1 Å². The molecule has 0 aliphatic carbocycles. The maximum Gasteiger partial charge on any atom is 0.223 e. The second-order valence-electron chi connectivity index (χ2n) is 4.17. The van der Waals surface area contributed by atoms with E-state index in [1.807, 2.05) is 0 Å². The van der Waals surface area contributed by atoms with Crippen LogP contribution < -0.4 is 16.4 Å². The first-order chi connectivity index (χ1) is 9.58. The molecule has 2 aromatic rings. The number of aromatic nitrogens is 2. The fraction of sp³-hybridized carbons (Fsp3) is 0.231. The number of nitrogens with zero attached hydrogens (tertiary/aromatic N) is 2. The van der Waals surface area contributed by atoms with Gasteiger partial charge in [-0.15, -0.1) is 0 Å². The van der Waals surface area contributed by atoms with Crippen LogP contribution >= 0.6 is 22.6 Å². The monoisotopic (exact) mass is 387 g/mol. The number of rotatable bonds is 5. The summed E-state index contributed by atoms with van der Waals surface area (Å²) in [6, 6.07) is 6.27. The van der Waals surface area contributed by atoms with Gasteiger partial charge in [-0.1, -0.05) is 6.92 Å². The lowest BCUT2D eigenvalue weighted by Gasteiger charge is -2.10. The molecule has 20 heavy (non-hydrogen) atoms. The number of anilines is 4. The van der Waals surface area contributed by atoms with Crippen molar-refractivity contribution in [3.05, 3.63) is 33.7 Å². The van der Waals surface area contributed by atoms with E-state index in [9.17, 15) is 4.39 Å². The number of hydrogen-bond donors (Lipinski definition) is 3. The molecular weight excluding hydrogens is 372 g/mol. The Kier molecular flexibility index (Phi) is 4.94. The summed E-state index contributed by atoms with van der Waals surface area (Å²) in [7, 11) is 0. The van der Waals surface area contributed by atoms with Crippen molar-refractivity contribution in [2.45, 2.75) is 13.3 Å². The first-order valence-corrected chi connectivity index (χ1v) is 7.27. The Labute approximate surface area is 130 Å². The molecule has 7 heteroatoms. The smallest absolute Gasteiger partial charge is 0.223 e. The van der Waals surface area contributed by atoms with E-state index in [2.05, 4.69) is 50.1 Å². The molecule has 106 valence electrons. The van der Waals surface area contributed by atoms with Gasteiger partial charge < -0.3 is 16.4 Å². The fourth-order valence-corrected chi connectivity index (χ4v) is 2.21. The Balaban J connectivity index is 2.21. The summed E-state index contributed by atoms with van der Waals surface area (Å²) in [4.78, 5) is 8.22. The molecule has 0 radical (unpaired) electrons. The third-order valence-electron chi connectivity index (χ3n) is 2.49. The molecular formula is C13H15FIN5. The van der Waals surface area contributed by atoms with Crippen molar-refractivity contribution in [1.29, 1.82) is 0 Å². The highest BCUT2D eigenvalue weighted by molar-refractivity contribution is 14.1. The van der Waals surface area contributed by atoms with Crippen molar-refractivity contribution < 1.29 is 4.39 Å². The van der Waals surface area contributed by atoms with Crippen LogP contribution in [-0.2, 0) is 0 Å². The molecule has 0 saturated carbocycles. The SMILES string of the molecule is CCCNc1cc(Nc2ccc(F)cc2I)nc(N)n1. The van der Waals surface area contributed by atoms with Crippen molar-refractivity contribution in [3.8, 4) is 0 Å². The number of nitrogens with two attached hydrogens (primary N) is 1. The van der Waals surface area contributed by atoms with Gasteiger partial charge >= 0.3 is 0 Å². The molecule has 1 aromatic carbocycles. The topological polar surface area (TPSA) is 75.9 Å². The number of hydrogen-bond acceptors (Lipinski definition) is 5. The molecule has 1 heterocycles. The average molecular weight is 387 g/mol. The van der Waals surface area contributed by atoms with Crippen molar-refractivity contribution in [2.24, 2.45) is 0 Å². The molecule has 0 unspecified atom stereocenters. The first kappa shape index (κ1) is 14.8. The number of benzene rings is 1. The van der Waals surface area contributed by atoms with Gasteiger partial charge in [0.15, 0.2) is 0 Å². The molecule has 2 rings (SSSR count). The minimum absolute atomic E-state index is 0.186. The second kappa shape index (κ2) is 6.69. The van der Waals surface area contributed by atoms with Gasteiger partial charge in [-0.05, 0) is 47.2 Å². The van der Waals surface area contributed by atoms with Gasteiger partial charge in [0.05, 0.1) is 5.69 Å². The molecule has 0 spiro atoms. The van der Waals surface area contributed by atoms with E-state index in [0.717, 1.165) is 22.2 Å². The molecule has 0 saturated heterocycles. The van der Waals surface area contributed by atoms with Crippen molar-refractivity contribution in [2.75, 3.05) is 22.9 Å². The fourth-order valence-electron chi connectivity index (χ4n) is 1.60. The van der Waals surface area contributed by atoms with Crippen LogP contribution in [0.2, 0.25) is 0 Å². The van der Waals surface area contributed by atoms with Gasteiger partial charge in [0.1, 0.15) is 17.5 Å². The van der Waals surface area contributed by atoms with Crippen molar-refractivity contribution in [1.82, 2.24) is 9.97 Å². The number of nitrogens with one attached hydrogen (secondary N) is 2. The minimum atomic E-state index is -0.271. The van der Waals surface area contributed by atoms with Crippen molar-refractivity contribution in [3.63, 3.8) is 0 Å². The van der Waals surface area contributed by atoms with Gasteiger partial charge in [0.2, 0.25) is 5.95 Å². The standard InChI is InChI=1S/C13H15FIN5/c1-2-5-17-11-7-12(20-13(16)19-11)18-10-4-3-8(14)6-9(10)15/h3-4,6-7H,2,5H2,1H3,(H4,16,17,18,19,20). The van der Waals surface area contributed by atoms with E-state index in [1.165, 1.54) is 12.1 Å². The Morgan fingerprint density at radius 1 is 1.25 bits per heavy atom. The van der Waals surface area contributed by atoms with Crippen molar-refractivity contribution >= 4 is 45.9 Å². The maximum atomic E-state index is 13.1. The van der Waals surface area contributed by atoms with Crippen LogP contribution in [0.3, 0.4) is 0 Å². The molecule has 4 N–H and O–H groups in total. The summed E-state index contributed by atoms with van der Waals surface area (Å²) in [5, 5.41) is 6.26. The first-order valence-electron chi connectivity index (χ1n) is 6.19. The minimum Gasteiger partial charge on any atom is -0.370 e. The molecule has 0 fully saturated rings. The van der Waals surface area contributed by atoms with Gasteiger partial charge in [0.25, 0.3) is 0 Å². The third kappa shape index (κ3) is 3.92. The Morgan fingerprint density at radius 3 is 2.70 bits per heavy atom. The van der Waals surface area contributed by atoms with E-state index >= 15 is 0 Å². The summed E-state index contributed by atoms with van der Waals surface area (Å²) >= 11 is 2.06. The van der Waals surface area contributed by atoms with E-state index in [0.29, 0.717) is 11.6 Å². The van der Waals surface area contributed by atoms with Crippen LogP contribution in [0.1, 0.15) is 13.3 Å². The molecule has 0 amide bonds. The lowest BCUT2D eigenvalue weighted by Crippen LogP contribution is -2.07. The van der Waals surface area contributed by atoms with Gasteiger partial charge in [0, 0.05) is 16.2 Å². The van der Waals surface area contributed by atoms with Gasteiger partial charge in [-0.2, -0.15) is 9.97 Å². The quantitative estimate of drug-likeness (QED) is 0.686. The lowest BCUT2D eigenvalue weighted by molar-refractivity contribution is 0.627. The second-order valence-corrected chi connectivity index (χ2v) is 5.33. The highest BCUT2D eigenvalue weighted by atomic mass is 127. The van der Waals surface area contributed by atoms with Gasteiger partial charge in [-0.3, -0.25) is 0 Å². The third-order valence-corrected chi connectivity index (χ3v) is 3.39. The maximum absolute atomic E-state index is 13.1. The normalized spacial score (nSPS) is 10.3. The molecule has 0 atom stereocenters. The predicted octanol–water partition coefficient (Wildman–Crippen LogP) is 3.37. The summed E-state index contributed by atoms with van der Waals surface area (Å²) in [5.74, 6) is 1.15. The molecule has 0 bridgehead atoms. The Bertz CT molecular complexity index is 605. The van der Waals surface area contributed by atoms with Crippen LogP contribution in [0.25, 0.3) is 0 Å². The van der Waals surface area contributed by atoms with Gasteiger partial charge in [-0.25, -0.2) is 4.39 Å². The van der Waals surface area contributed by atoms with E-state index in [4.69, 9.17) is 5.73 Å². The molecule has 0 aliphatic heterocycles. The lowest BCUT2D eigenvalue weighted by atomic mass is 10.3. The summed E-state index contributed by atoms with van der Waals surface area (Å²) in [6.07, 6.45) is 0.989. The van der Waals surface area contributed by atoms with E-state index < -0.39 is 0 Å². The Morgan fingerprint density at radius 2 is 2.00 bits per heavy atom. The zero-order valence-electron chi connectivity index (χ0n) is 11.0. The van der Waals surface area contributed by atoms with Crippen LogP contribution in [0, 0.1) is 9.39 Å². The molecule has 5 nitrogen and oxygen atoms in total. The highest BCUT2D eigenvalue weighted by Crippen LogP contribution is 2.23. The number of halogens is 2. The summed E-state index contributed by atoms with van der Waals surface area (Å²) in [5.41, 5.74) is 6.45.